The Morgan fingerprint density at radius 2 is 2.18 bits per heavy atom. The van der Waals surface area contributed by atoms with Gasteiger partial charge in [-0.2, -0.15) is 0 Å². The van der Waals surface area contributed by atoms with Crippen LogP contribution in [0.15, 0.2) is 18.2 Å². The summed E-state index contributed by atoms with van der Waals surface area (Å²) in [6.45, 7) is 5.40. The summed E-state index contributed by atoms with van der Waals surface area (Å²) in [5.41, 5.74) is 2.33. The van der Waals surface area contributed by atoms with Gasteiger partial charge in [0.1, 0.15) is 0 Å². The zero-order valence-corrected chi connectivity index (χ0v) is 10.9. The van der Waals surface area contributed by atoms with Gasteiger partial charge in [-0.25, -0.2) is 0 Å². The van der Waals surface area contributed by atoms with Gasteiger partial charge in [0.25, 0.3) is 0 Å². The number of pyridine rings is 1. The van der Waals surface area contributed by atoms with E-state index in [1.165, 1.54) is 31.5 Å². The lowest BCUT2D eigenvalue weighted by molar-refractivity contribution is 0.151. The van der Waals surface area contributed by atoms with Crippen molar-refractivity contribution in [3.05, 3.63) is 29.6 Å². The topological polar surface area (TPSA) is 28.2 Å². The molecule has 0 aliphatic carbocycles. The van der Waals surface area contributed by atoms with Gasteiger partial charge in [0.05, 0.1) is 11.4 Å². The van der Waals surface area contributed by atoms with Crippen LogP contribution in [0.3, 0.4) is 0 Å². The number of nitrogens with zero attached hydrogens (tertiary/aromatic N) is 2. The minimum absolute atomic E-state index is 0.707. The number of hydrogen-bond acceptors (Lipinski definition) is 3. The Bertz CT molecular complexity index is 351. The molecular formula is C14H23N3. The third-order valence-electron chi connectivity index (χ3n) is 3.53. The molecule has 1 fully saturated rings. The normalized spacial score (nSPS) is 21.6. The number of rotatable bonds is 4. The molecule has 1 saturated heterocycles. The van der Waals surface area contributed by atoms with E-state index in [4.69, 9.17) is 0 Å². The molecule has 3 nitrogen and oxygen atoms in total. The van der Waals surface area contributed by atoms with Crippen LogP contribution in [0.4, 0.5) is 0 Å². The Balaban J connectivity index is 1.99. The third-order valence-corrected chi connectivity index (χ3v) is 3.53. The standard InChI is InChI=1S/C14H23N3/c1-12-6-3-4-9-17(12)11-14-8-5-7-13(16-14)10-15-2/h5,7-8,12,15H,3-4,6,9-11H2,1-2H3. The molecule has 1 N–H and O–H groups in total. The molecule has 3 heteroatoms. The van der Waals surface area contributed by atoms with Crippen molar-refractivity contribution in [2.24, 2.45) is 0 Å². The summed E-state index contributed by atoms with van der Waals surface area (Å²) in [5, 5.41) is 3.15. The molecule has 0 aromatic carbocycles. The summed E-state index contributed by atoms with van der Waals surface area (Å²) < 4.78 is 0. The Kier molecular flexibility index (Phi) is 4.51. The highest BCUT2D eigenvalue weighted by atomic mass is 15.2. The first-order valence-electron chi connectivity index (χ1n) is 6.63. The van der Waals surface area contributed by atoms with Crippen LogP contribution in [-0.2, 0) is 13.1 Å². The zero-order valence-electron chi connectivity index (χ0n) is 10.9. The fourth-order valence-electron chi connectivity index (χ4n) is 2.50. The highest BCUT2D eigenvalue weighted by Gasteiger charge is 2.18. The molecule has 2 heterocycles. The molecule has 0 spiro atoms. The fourth-order valence-corrected chi connectivity index (χ4v) is 2.50. The van der Waals surface area contributed by atoms with Gasteiger partial charge in [-0.1, -0.05) is 12.5 Å². The SMILES string of the molecule is CNCc1cccc(CN2CCCCC2C)n1. The van der Waals surface area contributed by atoms with E-state index in [1.54, 1.807) is 0 Å². The Morgan fingerprint density at radius 1 is 1.35 bits per heavy atom. The predicted molar refractivity (Wildman–Crippen MR) is 70.7 cm³/mol. The molecule has 1 unspecified atom stereocenters. The summed E-state index contributed by atoms with van der Waals surface area (Å²) >= 11 is 0. The van der Waals surface area contributed by atoms with E-state index in [1.807, 2.05) is 7.05 Å². The van der Waals surface area contributed by atoms with Crippen LogP contribution in [0.1, 0.15) is 37.6 Å². The van der Waals surface area contributed by atoms with E-state index in [0.717, 1.165) is 18.8 Å². The van der Waals surface area contributed by atoms with E-state index < -0.39 is 0 Å². The van der Waals surface area contributed by atoms with Gasteiger partial charge in [0.15, 0.2) is 0 Å². The van der Waals surface area contributed by atoms with Crippen molar-refractivity contribution in [3.63, 3.8) is 0 Å². The summed E-state index contributed by atoms with van der Waals surface area (Å²) in [4.78, 5) is 7.24. The van der Waals surface area contributed by atoms with Gasteiger partial charge in [0, 0.05) is 19.1 Å². The first-order chi connectivity index (χ1) is 8.29. The van der Waals surface area contributed by atoms with Gasteiger partial charge >= 0.3 is 0 Å². The maximum Gasteiger partial charge on any atom is 0.0547 e. The second kappa shape index (κ2) is 6.12. The molecule has 1 atom stereocenters. The minimum Gasteiger partial charge on any atom is -0.314 e. The van der Waals surface area contributed by atoms with Crippen molar-refractivity contribution in [1.29, 1.82) is 0 Å². The summed E-state index contributed by atoms with van der Waals surface area (Å²) in [7, 11) is 1.96. The predicted octanol–water partition coefficient (Wildman–Crippen LogP) is 2.18. The maximum atomic E-state index is 4.69. The molecule has 1 aromatic rings. The highest BCUT2D eigenvalue weighted by molar-refractivity contribution is 5.11. The molecule has 2 rings (SSSR count). The lowest BCUT2D eigenvalue weighted by atomic mass is 10.0. The van der Waals surface area contributed by atoms with E-state index >= 15 is 0 Å². The van der Waals surface area contributed by atoms with E-state index in [-0.39, 0.29) is 0 Å². The van der Waals surface area contributed by atoms with Crippen molar-refractivity contribution >= 4 is 0 Å². The quantitative estimate of drug-likeness (QED) is 0.864. The van der Waals surface area contributed by atoms with Crippen LogP contribution in [0.25, 0.3) is 0 Å². The van der Waals surface area contributed by atoms with Gasteiger partial charge in [0.2, 0.25) is 0 Å². The smallest absolute Gasteiger partial charge is 0.0547 e. The van der Waals surface area contributed by atoms with Crippen molar-refractivity contribution in [3.8, 4) is 0 Å². The average Bonchev–Trinajstić information content (AvgIpc) is 2.33. The molecular weight excluding hydrogens is 210 g/mol. The molecule has 94 valence electrons. The molecule has 0 bridgehead atoms. The Labute approximate surface area is 104 Å². The number of likely N-dealkylation sites (tertiary alicyclic amines) is 1. The molecule has 17 heavy (non-hydrogen) atoms. The van der Waals surface area contributed by atoms with Crippen LogP contribution in [-0.4, -0.2) is 29.5 Å². The number of hydrogen-bond donors (Lipinski definition) is 1. The highest BCUT2D eigenvalue weighted by Crippen LogP contribution is 2.18. The number of aromatic nitrogens is 1. The lowest BCUT2D eigenvalue weighted by Gasteiger charge is -2.33. The maximum absolute atomic E-state index is 4.69. The Hall–Kier alpha value is -0.930. The molecule has 0 amide bonds. The van der Waals surface area contributed by atoms with E-state index in [9.17, 15) is 0 Å². The van der Waals surface area contributed by atoms with Crippen LogP contribution in [0.2, 0.25) is 0 Å². The molecule has 0 saturated carbocycles. The molecule has 1 aliphatic rings. The fraction of sp³-hybridized carbons (Fsp3) is 0.643. The second-order valence-electron chi connectivity index (χ2n) is 4.97. The van der Waals surface area contributed by atoms with Crippen molar-refractivity contribution in [1.82, 2.24) is 15.2 Å². The van der Waals surface area contributed by atoms with E-state index in [0.29, 0.717) is 6.04 Å². The average molecular weight is 233 g/mol. The van der Waals surface area contributed by atoms with Crippen LogP contribution >= 0.6 is 0 Å². The number of nitrogens with one attached hydrogen (secondary N) is 1. The summed E-state index contributed by atoms with van der Waals surface area (Å²) in [6, 6.07) is 7.04. The lowest BCUT2D eigenvalue weighted by Crippen LogP contribution is -2.37. The molecule has 0 radical (unpaired) electrons. The van der Waals surface area contributed by atoms with Gasteiger partial charge in [-0.15, -0.1) is 0 Å². The summed E-state index contributed by atoms with van der Waals surface area (Å²) in [6.07, 6.45) is 4.04. The first-order valence-corrected chi connectivity index (χ1v) is 6.63. The minimum atomic E-state index is 0.707. The van der Waals surface area contributed by atoms with Crippen molar-refractivity contribution < 1.29 is 0 Å². The van der Waals surface area contributed by atoms with Crippen LogP contribution < -0.4 is 5.32 Å². The first kappa shape index (κ1) is 12.5. The van der Waals surface area contributed by atoms with Crippen LogP contribution in [0.5, 0.6) is 0 Å². The van der Waals surface area contributed by atoms with Gasteiger partial charge < -0.3 is 5.32 Å². The Morgan fingerprint density at radius 3 is 2.94 bits per heavy atom. The largest absolute Gasteiger partial charge is 0.314 e. The zero-order chi connectivity index (χ0) is 12.1. The molecule has 1 aliphatic heterocycles. The van der Waals surface area contributed by atoms with Crippen LogP contribution in [0, 0.1) is 0 Å². The van der Waals surface area contributed by atoms with E-state index in [2.05, 4.69) is 40.3 Å². The molecule has 1 aromatic heterocycles. The van der Waals surface area contributed by atoms with Crippen molar-refractivity contribution in [2.45, 2.75) is 45.3 Å². The summed E-state index contributed by atoms with van der Waals surface area (Å²) in [5.74, 6) is 0. The van der Waals surface area contributed by atoms with Gasteiger partial charge in [-0.05, 0) is 45.5 Å². The number of piperidine rings is 1. The second-order valence-corrected chi connectivity index (χ2v) is 4.97. The monoisotopic (exact) mass is 233 g/mol. The van der Waals surface area contributed by atoms with Crippen molar-refractivity contribution in [2.75, 3.05) is 13.6 Å². The van der Waals surface area contributed by atoms with Gasteiger partial charge in [-0.3, -0.25) is 9.88 Å². The third kappa shape index (κ3) is 3.51.